The molecule has 5 nitrogen and oxygen atoms in total. The van der Waals surface area contributed by atoms with E-state index >= 15 is 0 Å². The van der Waals surface area contributed by atoms with Gasteiger partial charge in [-0.15, -0.1) is 0 Å². The van der Waals surface area contributed by atoms with Crippen LogP contribution in [-0.4, -0.2) is 15.0 Å². The number of aromatic nitrogens is 3. The normalized spacial score (nSPS) is 10.8. The van der Waals surface area contributed by atoms with Gasteiger partial charge in [-0.25, -0.2) is 9.37 Å². The molecule has 0 spiro atoms. The zero-order chi connectivity index (χ0) is 17.2. The van der Waals surface area contributed by atoms with Crippen LogP contribution in [0.2, 0.25) is 0 Å². The second kappa shape index (κ2) is 6.24. The van der Waals surface area contributed by atoms with Crippen LogP contribution in [0.5, 0.6) is 0 Å². The van der Waals surface area contributed by atoms with E-state index in [0.717, 1.165) is 22.3 Å². The molecule has 25 heavy (non-hydrogen) atoms. The number of fused-ring (bicyclic) bond motifs is 1. The fraction of sp³-hybridized carbons (Fsp3) is 0.0526. The summed E-state index contributed by atoms with van der Waals surface area (Å²) >= 11 is 0. The lowest BCUT2D eigenvalue weighted by Gasteiger charge is -2.09. The van der Waals surface area contributed by atoms with E-state index in [4.69, 9.17) is 0 Å². The van der Waals surface area contributed by atoms with Gasteiger partial charge in [0, 0.05) is 28.5 Å². The molecular weight excluding hydrogens is 317 g/mol. The van der Waals surface area contributed by atoms with Crippen molar-refractivity contribution in [3.63, 3.8) is 0 Å². The Morgan fingerprint density at radius 2 is 1.88 bits per heavy atom. The number of anilines is 4. The Labute approximate surface area is 144 Å². The van der Waals surface area contributed by atoms with E-state index in [1.54, 1.807) is 30.5 Å². The monoisotopic (exact) mass is 333 g/mol. The number of H-pyrrole nitrogens is 1. The maximum atomic E-state index is 13.7. The van der Waals surface area contributed by atoms with E-state index in [0.29, 0.717) is 17.5 Å². The van der Waals surface area contributed by atoms with Gasteiger partial charge in [-0.3, -0.25) is 0 Å². The first-order chi connectivity index (χ1) is 12.2. The number of para-hydroxylation sites is 1. The Morgan fingerprint density at radius 3 is 2.76 bits per heavy atom. The van der Waals surface area contributed by atoms with Gasteiger partial charge in [0.1, 0.15) is 11.6 Å². The first-order valence-corrected chi connectivity index (χ1v) is 7.88. The topological polar surface area (TPSA) is 65.6 Å². The Morgan fingerprint density at radius 1 is 1.00 bits per heavy atom. The fourth-order valence-electron chi connectivity index (χ4n) is 2.67. The molecule has 0 aliphatic carbocycles. The lowest BCUT2D eigenvalue weighted by atomic mass is 10.2. The number of aryl methyl sites for hydroxylation is 1. The molecule has 0 bridgehead atoms. The summed E-state index contributed by atoms with van der Waals surface area (Å²) in [4.78, 5) is 11.8. The summed E-state index contributed by atoms with van der Waals surface area (Å²) in [6.07, 6.45) is 1.62. The van der Waals surface area contributed by atoms with Gasteiger partial charge in [0.15, 0.2) is 0 Å². The first-order valence-electron chi connectivity index (χ1n) is 7.88. The third kappa shape index (κ3) is 3.28. The summed E-state index contributed by atoms with van der Waals surface area (Å²) < 4.78 is 13.7. The van der Waals surface area contributed by atoms with Crippen molar-refractivity contribution >= 4 is 34.0 Å². The summed E-state index contributed by atoms with van der Waals surface area (Å²) in [5, 5.41) is 7.26. The Balaban J connectivity index is 1.57. The molecular formula is C19H16FN5. The van der Waals surface area contributed by atoms with Crippen molar-refractivity contribution in [3.05, 3.63) is 72.3 Å². The van der Waals surface area contributed by atoms with Crippen LogP contribution in [0, 0.1) is 12.7 Å². The minimum absolute atomic E-state index is 0.327. The predicted molar refractivity (Wildman–Crippen MR) is 98.0 cm³/mol. The minimum Gasteiger partial charge on any atom is -0.359 e. The second-order valence-corrected chi connectivity index (χ2v) is 5.75. The van der Waals surface area contributed by atoms with Gasteiger partial charge in [0.05, 0.1) is 5.69 Å². The highest BCUT2D eigenvalue weighted by Gasteiger charge is 2.05. The molecule has 6 heteroatoms. The van der Waals surface area contributed by atoms with Crippen molar-refractivity contribution in [2.45, 2.75) is 6.92 Å². The Hall–Kier alpha value is -3.41. The van der Waals surface area contributed by atoms with Gasteiger partial charge < -0.3 is 15.6 Å². The molecule has 4 aromatic rings. The largest absolute Gasteiger partial charge is 0.359 e. The predicted octanol–water partition coefficient (Wildman–Crippen LogP) is 4.89. The lowest BCUT2D eigenvalue weighted by Crippen LogP contribution is -2.01. The van der Waals surface area contributed by atoms with Gasteiger partial charge in [-0.05, 0) is 49.4 Å². The molecule has 0 aliphatic heterocycles. The van der Waals surface area contributed by atoms with Gasteiger partial charge >= 0.3 is 0 Å². The maximum absolute atomic E-state index is 13.7. The Bertz CT molecular complexity index is 1040. The number of hydrogen-bond donors (Lipinski definition) is 3. The number of benzene rings is 2. The summed E-state index contributed by atoms with van der Waals surface area (Å²) in [6, 6.07) is 16.3. The number of hydrogen-bond acceptors (Lipinski definition) is 4. The molecule has 0 amide bonds. The molecule has 0 unspecified atom stereocenters. The lowest BCUT2D eigenvalue weighted by molar-refractivity contribution is 0.631. The summed E-state index contributed by atoms with van der Waals surface area (Å²) in [5.41, 5.74) is 3.46. The van der Waals surface area contributed by atoms with Crippen LogP contribution in [-0.2, 0) is 0 Å². The smallest absolute Gasteiger partial charge is 0.229 e. The van der Waals surface area contributed by atoms with Crippen LogP contribution in [0.3, 0.4) is 0 Å². The van der Waals surface area contributed by atoms with Crippen molar-refractivity contribution in [2.24, 2.45) is 0 Å². The molecule has 2 aromatic carbocycles. The van der Waals surface area contributed by atoms with Crippen LogP contribution < -0.4 is 10.6 Å². The maximum Gasteiger partial charge on any atom is 0.229 e. The van der Waals surface area contributed by atoms with E-state index < -0.39 is 0 Å². The molecule has 0 atom stereocenters. The van der Waals surface area contributed by atoms with Crippen molar-refractivity contribution in [1.82, 2.24) is 15.0 Å². The Kier molecular flexibility index (Phi) is 3.78. The molecule has 2 heterocycles. The first kappa shape index (κ1) is 15.1. The summed E-state index contributed by atoms with van der Waals surface area (Å²) in [5.74, 6) is 0.604. The van der Waals surface area contributed by atoms with E-state index in [-0.39, 0.29) is 5.82 Å². The van der Waals surface area contributed by atoms with Crippen molar-refractivity contribution in [1.29, 1.82) is 0 Å². The van der Waals surface area contributed by atoms with Crippen LogP contribution in [0.1, 0.15) is 5.69 Å². The average Bonchev–Trinajstić information content (AvgIpc) is 2.97. The number of nitrogens with one attached hydrogen (secondary N) is 3. The molecule has 0 saturated carbocycles. The molecule has 0 radical (unpaired) electrons. The van der Waals surface area contributed by atoms with Crippen LogP contribution >= 0.6 is 0 Å². The number of nitrogens with zero attached hydrogens (tertiary/aromatic N) is 2. The number of aromatic amines is 1. The molecule has 0 saturated heterocycles. The standard InChI is InChI=1S/C19H16FN5/c1-12-10-13-11-14(6-7-16(13)22-12)23-18-8-9-21-19(25-18)24-17-5-3-2-4-15(17)20/h2-11,22H,1H3,(H2,21,23,24,25). The average molecular weight is 333 g/mol. The van der Waals surface area contributed by atoms with E-state index in [1.165, 1.54) is 6.07 Å². The van der Waals surface area contributed by atoms with Crippen molar-refractivity contribution in [2.75, 3.05) is 10.6 Å². The highest BCUT2D eigenvalue weighted by atomic mass is 19.1. The number of rotatable bonds is 4. The molecule has 4 rings (SSSR count). The van der Waals surface area contributed by atoms with Crippen molar-refractivity contribution < 1.29 is 4.39 Å². The fourth-order valence-corrected chi connectivity index (χ4v) is 2.67. The van der Waals surface area contributed by atoms with Gasteiger partial charge in [-0.2, -0.15) is 4.98 Å². The SMILES string of the molecule is Cc1cc2cc(Nc3ccnc(Nc4ccccc4F)n3)ccc2[nH]1. The van der Waals surface area contributed by atoms with Crippen LogP contribution in [0.4, 0.5) is 27.5 Å². The summed E-state index contributed by atoms with van der Waals surface area (Å²) in [7, 11) is 0. The highest BCUT2D eigenvalue weighted by molar-refractivity contribution is 5.84. The molecule has 124 valence electrons. The third-order valence-corrected chi connectivity index (χ3v) is 3.80. The second-order valence-electron chi connectivity index (χ2n) is 5.75. The van der Waals surface area contributed by atoms with Gasteiger partial charge in [0.25, 0.3) is 0 Å². The zero-order valence-corrected chi connectivity index (χ0v) is 13.5. The zero-order valence-electron chi connectivity index (χ0n) is 13.5. The van der Waals surface area contributed by atoms with Crippen LogP contribution in [0.15, 0.2) is 60.8 Å². The number of halogens is 1. The summed E-state index contributed by atoms with van der Waals surface area (Å²) in [6.45, 7) is 2.03. The highest BCUT2D eigenvalue weighted by Crippen LogP contribution is 2.23. The van der Waals surface area contributed by atoms with Gasteiger partial charge in [-0.1, -0.05) is 12.1 Å². The quantitative estimate of drug-likeness (QED) is 0.497. The van der Waals surface area contributed by atoms with E-state index in [9.17, 15) is 4.39 Å². The van der Waals surface area contributed by atoms with Crippen LogP contribution in [0.25, 0.3) is 10.9 Å². The molecule has 3 N–H and O–H groups in total. The van der Waals surface area contributed by atoms with Crippen molar-refractivity contribution in [3.8, 4) is 0 Å². The molecule has 0 aliphatic rings. The van der Waals surface area contributed by atoms with E-state index in [2.05, 4.69) is 31.7 Å². The minimum atomic E-state index is -0.349. The molecule has 0 fully saturated rings. The van der Waals surface area contributed by atoms with Gasteiger partial charge in [0.2, 0.25) is 5.95 Å². The van der Waals surface area contributed by atoms with E-state index in [1.807, 2.05) is 25.1 Å². The molecule has 2 aromatic heterocycles. The third-order valence-electron chi connectivity index (χ3n) is 3.80.